The molecule has 20 heavy (non-hydrogen) atoms. The van der Waals surface area contributed by atoms with Gasteiger partial charge in [-0.3, -0.25) is 4.79 Å². The Morgan fingerprint density at radius 2 is 2.10 bits per heavy atom. The van der Waals surface area contributed by atoms with Crippen molar-refractivity contribution in [2.75, 3.05) is 22.3 Å². The summed E-state index contributed by atoms with van der Waals surface area (Å²) < 4.78 is 23.2. The molecule has 1 saturated heterocycles. The van der Waals surface area contributed by atoms with E-state index in [-0.39, 0.29) is 29.9 Å². The lowest BCUT2D eigenvalue weighted by Gasteiger charge is -2.29. The number of halogens is 1. The van der Waals surface area contributed by atoms with E-state index in [0.29, 0.717) is 17.7 Å². The molecule has 0 spiro atoms. The van der Waals surface area contributed by atoms with Gasteiger partial charge in [0.05, 0.1) is 24.2 Å². The van der Waals surface area contributed by atoms with Gasteiger partial charge in [0.1, 0.15) is 5.88 Å². The highest BCUT2D eigenvalue weighted by Gasteiger charge is 2.35. The monoisotopic (exact) mass is 317 g/mol. The summed E-state index contributed by atoms with van der Waals surface area (Å²) in [5.41, 5.74) is 1.11. The fraction of sp³-hybridized carbons (Fsp3) is 0.462. The zero-order chi connectivity index (χ0) is 14.8. The van der Waals surface area contributed by atoms with Crippen LogP contribution in [0.15, 0.2) is 24.3 Å². The highest BCUT2D eigenvalue weighted by Crippen LogP contribution is 2.28. The van der Waals surface area contributed by atoms with E-state index in [4.69, 9.17) is 11.6 Å². The van der Waals surface area contributed by atoms with Gasteiger partial charge in [-0.15, -0.1) is 11.6 Å². The van der Waals surface area contributed by atoms with Crippen molar-refractivity contribution in [1.82, 2.24) is 0 Å². The highest BCUT2D eigenvalue weighted by molar-refractivity contribution is 7.91. The fourth-order valence-corrected chi connectivity index (χ4v) is 4.29. The van der Waals surface area contributed by atoms with Crippen molar-refractivity contribution in [3.63, 3.8) is 0 Å². The lowest BCUT2D eigenvalue weighted by molar-refractivity contribution is -0.116. The van der Waals surface area contributed by atoms with E-state index in [1.165, 1.54) is 4.90 Å². The van der Waals surface area contributed by atoms with Crippen molar-refractivity contribution >= 4 is 33.0 Å². The molecule has 0 saturated carbocycles. The molecule has 1 N–H and O–H groups in total. The van der Waals surface area contributed by atoms with Crippen LogP contribution >= 0.6 is 11.6 Å². The molecule has 1 heterocycles. The first-order chi connectivity index (χ1) is 9.48. The molecule has 0 aliphatic carbocycles. The average Bonchev–Trinajstić information content (AvgIpc) is 2.79. The van der Waals surface area contributed by atoms with Crippen LogP contribution in [0.25, 0.3) is 0 Å². The number of aliphatic hydroxyl groups excluding tert-OH is 1. The lowest BCUT2D eigenvalue weighted by Crippen LogP contribution is -2.42. The van der Waals surface area contributed by atoms with Gasteiger partial charge in [-0.1, -0.05) is 18.2 Å². The van der Waals surface area contributed by atoms with Crippen LogP contribution in [-0.2, 0) is 21.2 Å². The molecule has 0 bridgehead atoms. The second kappa shape index (κ2) is 6.11. The number of sulfone groups is 1. The molecular weight excluding hydrogens is 302 g/mol. The largest absolute Gasteiger partial charge is 0.392 e. The molecule has 1 aromatic carbocycles. The van der Waals surface area contributed by atoms with Gasteiger partial charge in [0, 0.05) is 11.3 Å². The topological polar surface area (TPSA) is 74.7 Å². The summed E-state index contributed by atoms with van der Waals surface area (Å²) in [7, 11) is -3.11. The van der Waals surface area contributed by atoms with Crippen molar-refractivity contribution in [2.45, 2.75) is 19.1 Å². The molecule has 0 unspecified atom stereocenters. The Morgan fingerprint density at radius 3 is 2.65 bits per heavy atom. The second-order valence-corrected chi connectivity index (χ2v) is 7.24. The van der Waals surface area contributed by atoms with Gasteiger partial charge in [0.15, 0.2) is 9.84 Å². The summed E-state index contributed by atoms with van der Waals surface area (Å²) in [6.07, 6.45) is 0.394. The molecule has 5 nitrogen and oxygen atoms in total. The summed E-state index contributed by atoms with van der Waals surface area (Å²) >= 11 is 5.64. The number of carbonyl (C=O) groups excluding carboxylic acids is 1. The number of hydrogen-bond acceptors (Lipinski definition) is 4. The van der Waals surface area contributed by atoms with Gasteiger partial charge < -0.3 is 10.0 Å². The normalized spacial score (nSPS) is 20.8. The quantitative estimate of drug-likeness (QED) is 0.839. The number of hydrogen-bond donors (Lipinski definition) is 1. The fourth-order valence-electron chi connectivity index (χ4n) is 2.46. The number of aliphatic hydroxyl groups is 1. The number of para-hydroxylation sites is 1. The second-order valence-electron chi connectivity index (χ2n) is 4.74. The van der Waals surface area contributed by atoms with Crippen LogP contribution in [0.5, 0.6) is 0 Å². The van der Waals surface area contributed by atoms with Gasteiger partial charge in [-0.2, -0.15) is 0 Å². The molecule has 7 heteroatoms. The van der Waals surface area contributed by atoms with Crippen LogP contribution < -0.4 is 4.90 Å². The molecule has 1 amide bonds. The summed E-state index contributed by atoms with van der Waals surface area (Å²) in [6.45, 7) is -0.221. The average molecular weight is 318 g/mol. The Morgan fingerprint density at radius 1 is 1.40 bits per heavy atom. The lowest BCUT2D eigenvalue weighted by atomic mass is 10.1. The molecule has 1 aliphatic rings. The third-order valence-corrected chi connectivity index (χ3v) is 5.36. The number of anilines is 1. The first-order valence-corrected chi connectivity index (χ1v) is 8.61. The number of carbonyl (C=O) groups is 1. The van der Waals surface area contributed by atoms with Crippen LogP contribution in [0.3, 0.4) is 0 Å². The van der Waals surface area contributed by atoms with Crippen molar-refractivity contribution in [1.29, 1.82) is 0 Å². The summed E-state index contributed by atoms with van der Waals surface area (Å²) in [4.78, 5) is 13.5. The Labute approximate surface area is 123 Å². The smallest absolute Gasteiger partial charge is 0.242 e. The molecule has 1 atom stereocenters. The maximum atomic E-state index is 12.1. The van der Waals surface area contributed by atoms with E-state index >= 15 is 0 Å². The molecule has 2 rings (SSSR count). The predicted molar refractivity (Wildman–Crippen MR) is 77.6 cm³/mol. The Kier molecular flexibility index (Phi) is 4.67. The van der Waals surface area contributed by atoms with Crippen LogP contribution in [0.2, 0.25) is 0 Å². The molecular formula is C13H16ClNO4S. The van der Waals surface area contributed by atoms with E-state index < -0.39 is 15.9 Å². The van der Waals surface area contributed by atoms with Gasteiger partial charge >= 0.3 is 0 Å². The van der Waals surface area contributed by atoms with Gasteiger partial charge in [-0.05, 0) is 12.5 Å². The van der Waals surface area contributed by atoms with Crippen molar-refractivity contribution < 1.29 is 18.3 Å². The van der Waals surface area contributed by atoms with Crippen LogP contribution in [0.4, 0.5) is 5.69 Å². The Hall–Kier alpha value is -1.11. The third-order valence-electron chi connectivity index (χ3n) is 3.38. The molecule has 0 aromatic heterocycles. The minimum absolute atomic E-state index is 0.0601. The predicted octanol–water partition coefficient (Wildman–Crippen LogP) is 0.938. The molecule has 1 aromatic rings. The number of nitrogens with zero attached hydrogens (tertiary/aromatic N) is 1. The van der Waals surface area contributed by atoms with E-state index in [9.17, 15) is 18.3 Å². The minimum Gasteiger partial charge on any atom is -0.392 e. The number of amides is 1. The van der Waals surface area contributed by atoms with E-state index in [0.717, 1.165) is 0 Å². The number of benzene rings is 1. The first-order valence-electron chi connectivity index (χ1n) is 6.25. The van der Waals surface area contributed by atoms with Crippen molar-refractivity contribution in [3.8, 4) is 0 Å². The van der Waals surface area contributed by atoms with Crippen LogP contribution in [0.1, 0.15) is 12.0 Å². The maximum absolute atomic E-state index is 12.1. The standard InChI is InChI=1S/C13H16ClNO4S/c14-7-13(17)15(11-5-6-20(18,19)9-11)12-4-2-1-3-10(12)8-16/h1-4,11,16H,5-9H2/t11-/m0/s1. The number of alkyl halides is 1. The van der Waals surface area contributed by atoms with Crippen LogP contribution in [-0.4, -0.2) is 42.9 Å². The number of rotatable bonds is 4. The van der Waals surface area contributed by atoms with Gasteiger partial charge in [0.2, 0.25) is 5.91 Å². The summed E-state index contributed by atoms with van der Waals surface area (Å²) in [5, 5.41) is 9.38. The van der Waals surface area contributed by atoms with E-state index in [2.05, 4.69) is 0 Å². The zero-order valence-electron chi connectivity index (χ0n) is 10.8. The highest BCUT2D eigenvalue weighted by atomic mass is 35.5. The van der Waals surface area contributed by atoms with Gasteiger partial charge in [0.25, 0.3) is 0 Å². The summed E-state index contributed by atoms with van der Waals surface area (Å²) in [5.74, 6) is -0.564. The van der Waals surface area contributed by atoms with Gasteiger partial charge in [-0.25, -0.2) is 8.42 Å². The maximum Gasteiger partial charge on any atom is 0.242 e. The van der Waals surface area contributed by atoms with Crippen molar-refractivity contribution in [2.24, 2.45) is 0 Å². The molecule has 0 radical (unpaired) electrons. The summed E-state index contributed by atoms with van der Waals surface area (Å²) in [6, 6.07) is 6.48. The first kappa shape index (κ1) is 15.3. The Bertz CT molecular complexity index is 602. The van der Waals surface area contributed by atoms with E-state index in [1.807, 2.05) is 0 Å². The Balaban J connectivity index is 2.41. The zero-order valence-corrected chi connectivity index (χ0v) is 12.4. The van der Waals surface area contributed by atoms with Crippen LogP contribution in [0, 0.1) is 0 Å². The molecule has 110 valence electrons. The SMILES string of the molecule is O=C(CCl)N(c1ccccc1CO)[C@H]1CCS(=O)(=O)C1. The minimum atomic E-state index is -3.11. The van der Waals surface area contributed by atoms with E-state index in [1.54, 1.807) is 24.3 Å². The molecule has 1 fully saturated rings. The molecule has 1 aliphatic heterocycles. The van der Waals surface area contributed by atoms with Crippen molar-refractivity contribution in [3.05, 3.63) is 29.8 Å². The third kappa shape index (κ3) is 3.13.